The summed E-state index contributed by atoms with van der Waals surface area (Å²) in [4.78, 5) is 11.4. The van der Waals surface area contributed by atoms with Crippen molar-refractivity contribution in [3.63, 3.8) is 0 Å². The van der Waals surface area contributed by atoms with E-state index in [1.165, 1.54) is 6.07 Å². The van der Waals surface area contributed by atoms with E-state index in [1.807, 2.05) is 20.8 Å². The van der Waals surface area contributed by atoms with Crippen LogP contribution >= 0.6 is 0 Å². The minimum absolute atomic E-state index is 0.189. The Kier molecular flexibility index (Phi) is 3.88. The summed E-state index contributed by atoms with van der Waals surface area (Å²) in [6.45, 7) is 5.84. The Bertz CT molecular complexity index is 372. The lowest BCUT2D eigenvalue weighted by atomic mass is 10.1. The van der Waals surface area contributed by atoms with Crippen molar-refractivity contribution in [3.05, 3.63) is 35.6 Å². The summed E-state index contributed by atoms with van der Waals surface area (Å²) in [7, 11) is 0. The monoisotopic (exact) mass is 224 g/mol. The lowest BCUT2D eigenvalue weighted by Gasteiger charge is -2.20. The van der Waals surface area contributed by atoms with Crippen molar-refractivity contribution in [3.8, 4) is 0 Å². The number of urea groups is 1. The first-order chi connectivity index (χ1) is 7.38. The number of amides is 2. The van der Waals surface area contributed by atoms with E-state index in [9.17, 15) is 9.18 Å². The molecular formula is C12H17FN2O. The first kappa shape index (κ1) is 12.5. The number of hydrogen-bond acceptors (Lipinski definition) is 1. The molecule has 3 nitrogen and oxygen atoms in total. The van der Waals surface area contributed by atoms with Gasteiger partial charge in [-0.15, -0.1) is 0 Å². The normalized spacial score (nSPS) is 11.0. The highest BCUT2D eigenvalue weighted by Crippen LogP contribution is 2.05. The van der Waals surface area contributed by atoms with Gasteiger partial charge in [0.25, 0.3) is 0 Å². The molecule has 0 aliphatic carbocycles. The third-order valence-corrected chi connectivity index (χ3v) is 1.89. The molecule has 0 aromatic heterocycles. The maximum Gasteiger partial charge on any atom is 0.315 e. The Balaban J connectivity index is 2.47. The maximum absolute atomic E-state index is 13.2. The van der Waals surface area contributed by atoms with Crippen LogP contribution in [0.15, 0.2) is 24.3 Å². The van der Waals surface area contributed by atoms with Gasteiger partial charge >= 0.3 is 6.03 Å². The molecule has 0 heterocycles. The van der Waals surface area contributed by atoms with Gasteiger partial charge in [0.05, 0.1) is 0 Å². The Morgan fingerprint density at radius 2 is 1.94 bits per heavy atom. The van der Waals surface area contributed by atoms with Gasteiger partial charge in [0.15, 0.2) is 0 Å². The fourth-order valence-electron chi connectivity index (χ4n) is 1.20. The van der Waals surface area contributed by atoms with Crippen molar-refractivity contribution < 1.29 is 9.18 Å². The molecule has 0 aliphatic rings. The minimum atomic E-state index is -0.307. The predicted molar refractivity (Wildman–Crippen MR) is 61.5 cm³/mol. The Morgan fingerprint density at radius 3 is 2.50 bits per heavy atom. The fourth-order valence-corrected chi connectivity index (χ4v) is 1.20. The van der Waals surface area contributed by atoms with Crippen molar-refractivity contribution in [2.45, 2.75) is 32.9 Å². The Labute approximate surface area is 95.0 Å². The molecule has 2 amide bonds. The molecule has 0 radical (unpaired) electrons. The number of rotatable bonds is 2. The Morgan fingerprint density at radius 1 is 1.31 bits per heavy atom. The van der Waals surface area contributed by atoms with E-state index in [0.29, 0.717) is 5.56 Å². The van der Waals surface area contributed by atoms with Crippen molar-refractivity contribution in [2.24, 2.45) is 0 Å². The van der Waals surface area contributed by atoms with Crippen LogP contribution < -0.4 is 10.6 Å². The van der Waals surface area contributed by atoms with Gasteiger partial charge in [0.2, 0.25) is 0 Å². The summed E-state index contributed by atoms with van der Waals surface area (Å²) >= 11 is 0. The van der Waals surface area contributed by atoms with Crippen molar-refractivity contribution in [2.75, 3.05) is 0 Å². The van der Waals surface area contributed by atoms with Crippen LogP contribution in [0.2, 0.25) is 0 Å². The molecule has 88 valence electrons. The summed E-state index contributed by atoms with van der Waals surface area (Å²) in [5.74, 6) is -0.307. The van der Waals surface area contributed by atoms with E-state index in [4.69, 9.17) is 0 Å². The van der Waals surface area contributed by atoms with Gasteiger partial charge in [0.1, 0.15) is 5.82 Å². The molecule has 0 spiro atoms. The second-order valence-electron chi connectivity index (χ2n) is 4.65. The molecular weight excluding hydrogens is 207 g/mol. The lowest BCUT2D eigenvalue weighted by molar-refractivity contribution is 0.231. The molecule has 0 unspecified atom stereocenters. The van der Waals surface area contributed by atoms with Crippen LogP contribution in [0.25, 0.3) is 0 Å². The maximum atomic E-state index is 13.2. The highest BCUT2D eigenvalue weighted by Gasteiger charge is 2.13. The molecule has 1 aromatic carbocycles. The molecule has 0 bridgehead atoms. The summed E-state index contributed by atoms with van der Waals surface area (Å²) in [6, 6.07) is 6.08. The predicted octanol–water partition coefficient (Wildman–Crippen LogP) is 2.42. The second kappa shape index (κ2) is 4.96. The minimum Gasteiger partial charge on any atom is -0.334 e. The van der Waals surface area contributed by atoms with E-state index in [2.05, 4.69) is 10.6 Å². The van der Waals surface area contributed by atoms with Gasteiger partial charge in [-0.2, -0.15) is 0 Å². The molecule has 0 fully saturated rings. The van der Waals surface area contributed by atoms with Crippen LogP contribution in [-0.4, -0.2) is 11.6 Å². The molecule has 2 N–H and O–H groups in total. The topological polar surface area (TPSA) is 41.1 Å². The van der Waals surface area contributed by atoms with Crippen LogP contribution in [0.1, 0.15) is 26.3 Å². The van der Waals surface area contributed by atoms with E-state index in [-0.39, 0.29) is 23.9 Å². The van der Waals surface area contributed by atoms with Crippen molar-refractivity contribution >= 4 is 6.03 Å². The summed E-state index contributed by atoms with van der Waals surface area (Å²) in [5, 5.41) is 5.34. The van der Waals surface area contributed by atoms with Crippen LogP contribution in [0, 0.1) is 5.82 Å². The molecule has 1 aromatic rings. The van der Waals surface area contributed by atoms with Gasteiger partial charge < -0.3 is 10.6 Å². The molecule has 1 rings (SSSR count). The number of carbonyl (C=O) groups excluding carboxylic acids is 1. The summed E-state index contributed by atoms with van der Waals surface area (Å²) in [6.07, 6.45) is 0. The van der Waals surface area contributed by atoms with Crippen LogP contribution in [0.3, 0.4) is 0 Å². The molecule has 0 saturated heterocycles. The first-order valence-electron chi connectivity index (χ1n) is 5.18. The molecule has 4 heteroatoms. The number of benzene rings is 1. The Hall–Kier alpha value is -1.58. The van der Waals surface area contributed by atoms with Crippen molar-refractivity contribution in [1.29, 1.82) is 0 Å². The highest BCUT2D eigenvalue weighted by atomic mass is 19.1. The molecule has 0 aliphatic heterocycles. The lowest BCUT2D eigenvalue weighted by Crippen LogP contribution is -2.46. The van der Waals surface area contributed by atoms with Gasteiger partial charge in [-0.25, -0.2) is 9.18 Å². The quantitative estimate of drug-likeness (QED) is 0.795. The van der Waals surface area contributed by atoms with Crippen LogP contribution in [0.4, 0.5) is 9.18 Å². The highest BCUT2D eigenvalue weighted by molar-refractivity contribution is 5.74. The third-order valence-electron chi connectivity index (χ3n) is 1.89. The van der Waals surface area contributed by atoms with E-state index in [1.54, 1.807) is 18.2 Å². The zero-order chi connectivity index (χ0) is 12.2. The smallest absolute Gasteiger partial charge is 0.315 e. The third kappa shape index (κ3) is 4.29. The van der Waals surface area contributed by atoms with Gasteiger partial charge in [-0.3, -0.25) is 0 Å². The molecule has 0 saturated carbocycles. The fraction of sp³-hybridized carbons (Fsp3) is 0.417. The second-order valence-corrected chi connectivity index (χ2v) is 4.65. The zero-order valence-corrected chi connectivity index (χ0v) is 9.80. The van der Waals surface area contributed by atoms with Crippen LogP contribution in [0.5, 0.6) is 0 Å². The van der Waals surface area contributed by atoms with Gasteiger partial charge in [-0.05, 0) is 26.8 Å². The van der Waals surface area contributed by atoms with E-state index < -0.39 is 0 Å². The van der Waals surface area contributed by atoms with E-state index >= 15 is 0 Å². The SMILES string of the molecule is CC(C)(C)NC(=O)NCc1ccccc1F. The molecule has 16 heavy (non-hydrogen) atoms. The van der Waals surface area contributed by atoms with Crippen molar-refractivity contribution in [1.82, 2.24) is 10.6 Å². The number of halogens is 1. The average molecular weight is 224 g/mol. The van der Waals surface area contributed by atoms with Gasteiger partial charge in [0, 0.05) is 17.6 Å². The largest absolute Gasteiger partial charge is 0.334 e. The van der Waals surface area contributed by atoms with Gasteiger partial charge in [-0.1, -0.05) is 18.2 Å². The summed E-state index contributed by atoms with van der Waals surface area (Å²) in [5.41, 5.74) is 0.186. The standard InChI is InChI=1S/C12H17FN2O/c1-12(2,3)15-11(16)14-8-9-6-4-5-7-10(9)13/h4-7H,8H2,1-3H3,(H2,14,15,16). The van der Waals surface area contributed by atoms with Crippen LogP contribution in [-0.2, 0) is 6.54 Å². The number of hydrogen-bond donors (Lipinski definition) is 2. The number of carbonyl (C=O) groups is 1. The molecule has 0 atom stereocenters. The first-order valence-corrected chi connectivity index (χ1v) is 5.18. The average Bonchev–Trinajstić information content (AvgIpc) is 2.14. The van der Waals surface area contributed by atoms with E-state index in [0.717, 1.165) is 0 Å². The number of nitrogens with one attached hydrogen (secondary N) is 2. The summed E-state index contributed by atoms with van der Waals surface area (Å²) < 4.78 is 13.2. The zero-order valence-electron chi connectivity index (χ0n) is 9.80.